The third kappa shape index (κ3) is 5.10. The van der Waals surface area contributed by atoms with Crippen LogP contribution in [0.1, 0.15) is 17.5 Å². The summed E-state index contributed by atoms with van der Waals surface area (Å²) in [6.45, 7) is 1.84. The maximum absolute atomic E-state index is 13.4. The van der Waals surface area contributed by atoms with Gasteiger partial charge in [0.25, 0.3) is 5.91 Å². The normalized spacial score (nSPS) is 14.8. The van der Waals surface area contributed by atoms with Crippen molar-refractivity contribution in [1.29, 1.82) is 0 Å². The Balaban J connectivity index is 1.38. The van der Waals surface area contributed by atoms with Gasteiger partial charge in [-0.15, -0.1) is 0 Å². The van der Waals surface area contributed by atoms with Crippen LogP contribution in [0.25, 0.3) is 0 Å². The summed E-state index contributed by atoms with van der Waals surface area (Å²) in [6.07, 6.45) is -0.600. The number of amides is 3. The van der Waals surface area contributed by atoms with Crippen LogP contribution in [0.4, 0.5) is 26.2 Å². The topological polar surface area (TPSA) is 91.8 Å². The monoisotopic (exact) mass is 432 g/mol. The highest BCUT2D eigenvalue weighted by Gasteiger charge is 2.29. The lowest BCUT2D eigenvalue weighted by Gasteiger charge is -2.14. The molecule has 3 aromatic rings. The third-order valence-corrected chi connectivity index (χ3v) is 4.90. The third-order valence-electron chi connectivity index (χ3n) is 4.90. The first-order valence-corrected chi connectivity index (χ1v) is 10.0. The molecule has 3 amide bonds. The van der Waals surface area contributed by atoms with Gasteiger partial charge >= 0.3 is 6.03 Å². The summed E-state index contributed by atoms with van der Waals surface area (Å²) in [6, 6.07) is 19.9. The summed E-state index contributed by atoms with van der Waals surface area (Å²) < 4.78 is 13.4. The lowest BCUT2D eigenvalue weighted by atomic mass is 10.0. The average molecular weight is 432 g/mol. The van der Waals surface area contributed by atoms with Gasteiger partial charge < -0.3 is 20.8 Å². The van der Waals surface area contributed by atoms with Crippen LogP contribution in [0.15, 0.2) is 78.0 Å². The minimum atomic E-state index is -0.828. The Labute approximate surface area is 184 Å². The quantitative estimate of drug-likeness (QED) is 0.535. The van der Waals surface area contributed by atoms with Crippen LogP contribution in [-0.4, -0.2) is 23.8 Å². The van der Waals surface area contributed by atoms with Gasteiger partial charge in [-0.25, -0.2) is 9.18 Å². The van der Waals surface area contributed by atoms with E-state index in [9.17, 15) is 14.0 Å². The Morgan fingerprint density at radius 3 is 2.50 bits per heavy atom. The lowest BCUT2D eigenvalue weighted by Crippen LogP contribution is -2.28. The second-order valence-electron chi connectivity index (χ2n) is 7.31. The van der Waals surface area contributed by atoms with Crippen LogP contribution in [-0.2, 0) is 9.63 Å². The second-order valence-corrected chi connectivity index (χ2v) is 7.31. The van der Waals surface area contributed by atoms with E-state index < -0.39 is 12.1 Å². The number of rotatable bonds is 5. The van der Waals surface area contributed by atoms with Gasteiger partial charge in [0.1, 0.15) is 5.82 Å². The Morgan fingerprint density at radius 2 is 1.72 bits per heavy atom. The molecule has 0 spiro atoms. The van der Waals surface area contributed by atoms with E-state index in [1.165, 1.54) is 12.1 Å². The number of oxime groups is 1. The number of nitrogens with one attached hydrogen (secondary N) is 3. The molecule has 0 radical (unpaired) electrons. The van der Waals surface area contributed by atoms with Gasteiger partial charge in [0.2, 0.25) is 6.10 Å². The highest BCUT2D eigenvalue weighted by molar-refractivity contribution is 6.06. The molecule has 1 aliphatic rings. The van der Waals surface area contributed by atoms with Crippen molar-refractivity contribution in [2.75, 3.05) is 16.0 Å². The molecule has 0 fully saturated rings. The van der Waals surface area contributed by atoms with Crippen molar-refractivity contribution in [3.63, 3.8) is 0 Å². The fourth-order valence-electron chi connectivity index (χ4n) is 3.22. The highest BCUT2D eigenvalue weighted by Crippen LogP contribution is 2.23. The van der Waals surface area contributed by atoms with E-state index in [1.54, 1.807) is 42.5 Å². The van der Waals surface area contributed by atoms with E-state index in [2.05, 4.69) is 21.1 Å². The van der Waals surface area contributed by atoms with Gasteiger partial charge in [0.15, 0.2) is 0 Å². The van der Waals surface area contributed by atoms with E-state index in [-0.39, 0.29) is 18.1 Å². The molecule has 7 nitrogen and oxygen atoms in total. The van der Waals surface area contributed by atoms with E-state index in [4.69, 9.17) is 4.84 Å². The van der Waals surface area contributed by atoms with Gasteiger partial charge in [-0.1, -0.05) is 41.6 Å². The molecule has 8 heteroatoms. The molecule has 3 N–H and O–H groups in total. The lowest BCUT2D eigenvalue weighted by molar-refractivity contribution is -0.125. The summed E-state index contributed by atoms with van der Waals surface area (Å²) in [5.41, 5.74) is 3.62. The number of anilines is 3. The first-order chi connectivity index (χ1) is 15.5. The molecule has 1 unspecified atom stereocenters. The van der Waals surface area contributed by atoms with Crippen LogP contribution in [0.3, 0.4) is 0 Å². The first kappa shape index (κ1) is 21.0. The van der Waals surface area contributed by atoms with Crippen LogP contribution in [0.2, 0.25) is 0 Å². The van der Waals surface area contributed by atoms with Gasteiger partial charge in [0, 0.05) is 29.0 Å². The summed E-state index contributed by atoms with van der Waals surface area (Å²) in [5.74, 6) is -0.761. The molecule has 32 heavy (non-hydrogen) atoms. The van der Waals surface area contributed by atoms with E-state index >= 15 is 0 Å². The van der Waals surface area contributed by atoms with Crippen molar-refractivity contribution in [2.45, 2.75) is 19.4 Å². The largest absolute Gasteiger partial charge is 0.382 e. The van der Waals surface area contributed by atoms with Crippen LogP contribution < -0.4 is 16.0 Å². The predicted octanol–water partition coefficient (Wildman–Crippen LogP) is 4.91. The van der Waals surface area contributed by atoms with Crippen molar-refractivity contribution in [1.82, 2.24) is 0 Å². The van der Waals surface area contributed by atoms with Gasteiger partial charge in [-0.2, -0.15) is 0 Å². The van der Waals surface area contributed by atoms with Gasteiger partial charge in [-0.3, -0.25) is 4.79 Å². The van der Waals surface area contributed by atoms with Crippen molar-refractivity contribution in [3.05, 3.63) is 89.7 Å². The smallest absolute Gasteiger partial charge is 0.323 e. The SMILES string of the molecule is Cc1ccc(NC(=O)Nc2ccccc2)cc1NC(=O)C1CC(c2cccc(F)c2)=NO1. The molecule has 0 saturated heterocycles. The number of benzene rings is 3. The number of hydrogen-bond donors (Lipinski definition) is 3. The molecule has 3 aromatic carbocycles. The number of carbonyl (C=O) groups excluding carboxylic acids is 2. The minimum Gasteiger partial charge on any atom is -0.382 e. The minimum absolute atomic E-state index is 0.228. The highest BCUT2D eigenvalue weighted by atomic mass is 19.1. The summed E-state index contributed by atoms with van der Waals surface area (Å²) in [7, 11) is 0. The zero-order valence-electron chi connectivity index (χ0n) is 17.3. The average Bonchev–Trinajstić information content (AvgIpc) is 3.27. The molecule has 0 bridgehead atoms. The Hall–Kier alpha value is -4.20. The van der Waals surface area contributed by atoms with Crippen LogP contribution in [0, 0.1) is 12.7 Å². The van der Waals surface area contributed by atoms with Crippen LogP contribution in [0.5, 0.6) is 0 Å². The Kier molecular flexibility index (Phi) is 6.12. The van der Waals surface area contributed by atoms with Crippen molar-refractivity contribution in [2.24, 2.45) is 5.16 Å². The maximum Gasteiger partial charge on any atom is 0.323 e. The zero-order valence-corrected chi connectivity index (χ0v) is 17.3. The predicted molar refractivity (Wildman–Crippen MR) is 121 cm³/mol. The number of para-hydroxylation sites is 1. The van der Waals surface area contributed by atoms with Crippen molar-refractivity contribution >= 4 is 34.7 Å². The molecule has 0 aliphatic carbocycles. The van der Waals surface area contributed by atoms with E-state index in [0.29, 0.717) is 28.3 Å². The Bertz CT molecular complexity index is 1180. The molecule has 1 atom stereocenters. The van der Waals surface area contributed by atoms with Crippen LogP contribution >= 0.6 is 0 Å². The molecule has 4 rings (SSSR count). The molecule has 0 aromatic heterocycles. The number of urea groups is 1. The first-order valence-electron chi connectivity index (χ1n) is 10.0. The zero-order chi connectivity index (χ0) is 22.5. The molecule has 162 valence electrons. The summed E-state index contributed by atoms with van der Waals surface area (Å²) in [4.78, 5) is 30.2. The van der Waals surface area contributed by atoms with E-state index in [1.807, 2.05) is 25.1 Å². The molecular weight excluding hydrogens is 411 g/mol. The fraction of sp³-hybridized carbons (Fsp3) is 0.125. The number of nitrogens with zero attached hydrogens (tertiary/aromatic N) is 1. The van der Waals surface area contributed by atoms with Crippen molar-refractivity contribution < 1.29 is 18.8 Å². The molecule has 1 heterocycles. The van der Waals surface area contributed by atoms with Crippen molar-refractivity contribution in [3.8, 4) is 0 Å². The standard InChI is InChI=1S/C24H21FN4O3/c1-15-10-11-19(27-24(31)26-18-8-3-2-4-9-18)13-20(15)28-23(30)22-14-21(29-32-22)16-6-5-7-17(25)12-16/h2-13,22H,14H2,1H3,(H,28,30)(H2,26,27,31). The maximum atomic E-state index is 13.4. The van der Waals surface area contributed by atoms with Gasteiger partial charge in [-0.05, 0) is 48.9 Å². The number of hydrogen-bond acceptors (Lipinski definition) is 4. The van der Waals surface area contributed by atoms with E-state index in [0.717, 1.165) is 5.56 Å². The number of halogens is 1. The second kappa shape index (κ2) is 9.30. The Morgan fingerprint density at radius 1 is 0.938 bits per heavy atom. The fourth-order valence-corrected chi connectivity index (χ4v) is 3.22. The number of carbonyl (C=O) groups is 2. The van der Waals surface area contributed by atoms with Gasteiger partial charge in [0.05, 0.1) is 5.71 Å². The summed E-state index contributed by atoms with van der Waals surface area (Å²) in [5, 5.41) is 12.2. The molecule has 0 saturated carbocycles. The molecule has 1 aliphatic heterocycles. The molecular formula is C24H21FN4O3. The summed E-state index contributed by atoms with van der Waals surface area (Å²) >= 11 is 0. The number of aryl methyl sites for hydroxylation is 1.